The van der Waals surface area contributed by atoms with Gasteiger partial charge < -0.3 is 15.1 Å². The molecule has 0 aromatic heterocycles. The number of hydrogen-bond donors (Lipinski definition) is 1. The number of anilines is 2. The number of aryl methyl sites for hydroxylation is 1. The lowest BCUT2D eigenvalue weighted by Gasteiger charge is -2.40. The predicted octanol–water partition coefficient (Wildman–Crippen LogP) is 3.57. The van der Waals surface area contributed by atoms with Crippen LogP contribution in [0.5, 0.6) is 0 Å². The van der Waals surface area contributed by atoms with E-state index in [0.29, 0.717) is 11.1 Å². The van der Waals surface area contributed by atoms with Crippen LogP contribution < -0.4 is 10.2 Å². The Morgan fingerprint density at radius 3 is 2.81 bits per heavy atom. The van der Waals surface area contributed by atoms with E-state index < -0.39 is 0 Å². The highest BCUT2D eigenvalue weighted by Crippen LogP contribution is 2.35. The van der Waals surface area contributed by atoms with Crippen LogP contribution in [0.1, 0.15) is 44.7 Å². The van der Waals surface area contributed by atoms with E-state index in [0.717, 1.165) is 41.9 Å². The van der Waals surface area contributed by atoms with E-state index >= 15 is 0 Å². The average Bonchev–Trinajstić information content (AvgIpc) is 3.13. The number of fused-ring (bicyclic) bond motifs is 2. The van der Waals surface area contributed by atoms with Gasteiger partial charge in [0.15, 0.2) is 0 Å². The van der Waals surface area contributed by atoms with E-state index in [4.69, 9.17) is 0 Å². The first-order valence-corrected chi connectivity index (χ1v) is 9.03. The minimum atomic E-state index is -0.156. The van der Waals surface area contributed by atoms with Crippen LogP contribution in [0, 0.1) is 13.8 Å². The molecule has 2 heterocycles. The summed E-state index contributed by atoms with van der Waals surface area (Å²) in [6.07, 6.45) is 2.10. The summed E-state index contributed by atoms with van der Waals surface area (Å²) in [5, 5.41) is 2.99. The second kappa shape index (κ2) is 6.16. The lowest BCUT2D eigenvalue weighted by atomic mass is 10.0. The molecule has 2 aliphatic heterocycles. The van der Waals surface area contributed by atoms with Gasteiger partial charge in [0.1, 0.15) is 6.17 Å². The molecule has 1 saturated heterocycles. The fourth-order valence-corrected chi connectivity index (χ4v) is 3.93. The summed E-state index contributed by atoms with van der Waals surface area (Å²) in [5.41, 5.74) is 5.10. The largest absolute Gasteiger partial charge is 0.354 e. The maximum atomic E-state index is 12.8. The van der Waals surface area contributed by atoms with Crippen molar-refractivity contribution in [2.75, 3.05) is 23.8 Å². The van der Waals surface area contributed by atoms with Gasteiger partial charge in [-0.2, -0.15) is 0 Å². The molecule has 4 rings (SSSR count). The average molecular weight is 349 g/mol. The molecule has 0 unspecified atom stereocenters. The highest BCUT2D eigenvalue weighted by molar-refractivity contribution is 6.08. The van der Waals surface area contributed by atoms with Gasteiger partial charge in [-0.1, -0.05) is 12.1 Å². The third-order valence-electron chi connectivity index (χ3n) is 5.65. The molecule has 0 radical (unpaired) electrons. The molecule has 0 saturated carbocycles. The Labute approximate surface area is 153 Å². The summed E-state index contributed by atoms with van der Waals surface area (Å²) in [7, 11) is 2.00. The number of amides is 2. The molecular formula is C21H23N3O2. The van der Waals surface area contributed by atoms with E-state index in [-0.39, 0.29) is 18.0 Å². The van der Waals surface area contributed by atoms with Crippen LogP contribution in [-0.2, 0) is 0 Å². The van der Waals surface area contributed by atoms with Crippen molar-refractivity contribution in [3.8, 4) is 0 Å². The van der Waals surface area contributed by atoms with Crippen molar-refractivity contribution < 1.29 is 9.59 Å². The molecule has 26 heavy (non-hydrogen) atoms. The summed E-state index contributed by atoms with van der Waals surface area (Å²) in [6.45, 7) is 4.83. The highest BCUT2D eigenvalue weighted by atomic mass is 16.2. The Bertz CT molecular complexity index is 906. The maximum absolute atomic E-state index is 12.8. The van der Waals surface area contributed by atoms with Gasteiger partial charge >= 0.3 is 0 Å². The number of nitrogens with one attached hydrogen (secondary N) is 1. The van der Waals surface area contributed by atoms with E-state index in [1.54, 1.807) is 12.1 Å². The summed E-state index contributed by atoms with van der Waals surface area (Å²) in [5.74, 6) is -0.0849. The smallest absolute Gasteiger partial charge is 0.257 e. The minimum Gasteiger partial charge on any atom is -0.354 e. The molecule has 134 valence electrons. The molecule has 1 atom stereocenters. The van der Waals surface area contributed by atoms with Gasteiger partial charge in [0, 0.05) is 24.8 Å². The minimum absolute atomic E-state index is 0.0714. The van der Waals surface area contributed by atoms with Crippen LogP contribution in [0.3, 0.4) is 0 Å². The Morgan fingerprint density at radius 2 is 2.00 bits per heavy atom. The van der Waals surface area contributed by atoms with Gasteiger partial charge in [-0.25, -0.2) is 0 Å². The molecule has 1 N–H and O–H groups in total. The van der Waals surface area contributed by atoms with Crippen molar-refractivity contribution in [2.24, 2.45) is 0 Å². The summed E-state index contributed by atoms with van der Waals surface area (Å²) < 4.78 is 0. The lowest BCUT2D eigenvalue weighted by Crippen LogP contribution is -2.50. The Morgan fingerprint density at radius 1 is 1.19 bits per heavy atom. The summed E-state index contributed by atoms with van der Waals surface area (Å²) >= 11 is 0. The highest BCUT2D eigenvalue weighted by Gasteiger charge is 2.38. The normalized spacial score (nSPS) is 18.6. The first-order chi connectivity index (χ1) is 12.5. The van der Waals surface area contributed by atoms with Crippen LogP contribution in [0.25, 0.3) is 0 Å². The molecule has 1 fully saturated rings. The number of carbonyl (C=O) groups is 2. The van der Waals surface area contributed by atoms with Crippen LogP contribution in [0.2, 0.25) is 0 Å². The van der Waals surface area contributed by atoms with E-state index in [1.165, 1.54) is 0 Å². The zero-order valence-electron chi connectivity index (χ0n) is 15.4. The monoisotopic (exact) mass is 349 g/mol. The summed E-state index contributed by atoms with van der Waals surface area (Å²) in [4.78, 5) is 29.5. The van der Waals surface area contributed by atoms with Gasteiger partial charge in [-0.15, -0.1) is 0 Å². The molecule has 2 aliphatic rings. The van der Waals surface area contributed by atoms with Gasteiger partial charge in [0.05, 0.1) is 11.3 Å². The van der Waals surface area contributed by atoms with Crippen molar-refractivity contribution in [1.29, 1.82) is 0 Å². The maximum Gasteiger partial charge on any atom is 0.257 e. The fraction of sp³-hybridized carbons (Fsp3) is 0.333. The zero-order valence-corrected chi connectivity index (χ0v) is 15.4. The number of carbonyl (C=O) groups excluding carboxylic acids is 2. The molecule has 5 nitrogen and oxygen atoms in total. The van der Waals surface area contributed by atoms with Crippen molar-refractivity contribution in [1.82, 2.24) is 4.90 Å². The van der Waals surface area contributed by atoms with Crippen LogP contribution >= 0.6 is 0 Å². The molecule has 2 aromatic rings. The molecule has 0 spiro atoms. The topological polar surface area (TPSA) is 52.7 Å². The van der Waals surface area contributed by atoms with Crippen molar-refractivity contribution in [3.05, 3.63) is 58.7 Å². The van der Waals surface area contributed by atoms with Gasteiger partial charge in [0.25, 0.3) is 11.8 Å². The lowest BCUT2D eigenvalue weighted by molar-refractivity contribution is 0.0719. The van der Waals surface area contributed by atoms with Crippen LogP contribution in [0.15, 0.2) is 36.4 Å². The number of rotatable bonds is 2. The molecule has 5 heteroatoms. The first-order valence-electron chi connectivity index (χ1n) is 9.03. The number of benzene rings is 2. The zero-order chi connectivity index (χ0) is 18.4. The molecule has 0 aliphatic carbocycles. The van der Waals surface area contributed by atoms with E-state index in [9.17, 15) is 9.59 Å². The van der Waals surface area contributed by atoms with Gasteiger partial charge in [-0.3, -0.25) is 9.59 Å². The molecular weight excluding hydrogens is 326 g/mol. The summed E-state index contributed by atoms with van der Waals surface area (Å²) in [6, 6.07) is 11.2. The Kier molecular flexibility index (Phi) is 3.94. The van der Waals surface area contributed by atoms with Crippen molar-refractivity contribution in [2.45, 2.75) is 32.9 Å². The molecule has 2 amide bonds. The van der Waals surface area contributed by atoms with Crippen molar-refractivity contribution >= 4 is 23.2 Å². The van der Waals surface area contributed by atoms with Crippen LogP contribution in [0.4, 0.5) is 11.4 Å². The van der Waals surface area contributed by atoms with E-state index in [1.807, 2.05) is 50.1 Å². The first kappa shape index (κ1) is 16.6. The van der Waals surface area contributed by atoms with Crippen molar-refractivity contribution in [3.63, 3.8) is 0 Å². The predicted molar refractivity (Wildman–Crippen MR) is 103 cm³/mol. The third kappa shape index (κ3) is 2.55. The molecule has 2 aromatic carbocycles. The fourth-order valence-electron chi connectivity index (χ4n) is 3.93. The SMILES string of the molecule is Cc1cccc(NC(=O)c2ccc3c(c2)N(C)[C@H]2CCCN2C3=O)c1C. The van der Waals surface area contributed by atoms with Gasteiger partial charge in [0.2, 0.25) is 0 Å². The second-order valence-electron chi connectivity index (χ2n) is 7.17. The second-order valence-corrected chi connectivity index (χ2v) is 7.17. The third-order valence-corrected chi connectivity index (χ3v) is 5.65. The van der Waals surface area contributed by atoms with Crippen LogP contribution in [-0.4, -0.2) is 36.5 Å². The quantitative estimate of drug-likeness (QED) is 0.902. The Hall–Kier alpha value is -2.82. The van der Waals surface area contributed by atoms with E-state index in [2.05, 4.69) is 10.2 Å². The number of nitrogens with zero attached hydrogens (tertiary/aromatic N) is 2. The Balaban J connectivity index is 1.65. The number of hydrogen-bond acceptors (Lipinski definition) is 3. The van der Waals surface area contributed by atoms with Gasteiger partial charge in [-0.05, 0) is 62.1 Å². The standard InChI is InChI=1S/C21H23N3O2/c1-13-6-4-7-17(14(13)2)22-20(25)15-9-10-16-18(12-15)23(3)19-8-5-11-24(19)21(16)26/h4,6-7,9-10,12,19H,5,8,11H2,1-3H3,(H,22,25)/t19-/m1/s1. The molecule has 0 bridgehead atoms.